The quantitative estimate of drug-likeness (QED) is 0.836. The van der Waals surface area contributed by atoms with Crippen molar-refractivity contribution in [1.82, 2.24) is 0 Å². The Morgan fingerprint density at radius 3 is 2.43 bits per heavy atom. The minimum atomic E-state index is -0.567. The molecular formula is C18H20O3. The highest BCUT2D eigenvalue weighted by Crippen LogP contribution is 2.48. The molecule has 0 amide bonds. The summed E-state index contributed by atoms with van der Waals surface area (Å²) in [6.07, 6.45) is 3.40. The number of ketones is 2. The molecule has 0 radical (unpaired) electrons. The molecule has 2 aliphatic carbocycles. The van der Waals surface area contributed by atoms with Gasteiger partial charge in [0.1, 0.15) is 11.5 Å². The maximum Gasteiger partial charge on any atom is 0.158 e. The summed E-state index contributed by atoms with van der Waals surface area (Å²) in [4.78, 5) is 24.8. The summed E-state index contributed by atoms with van der Waals surface area (Å²) in [7, 11) is 1.63. The third-order valence-electron chi connectivity index (χ3n) is 5.00. The average Bonchev–Trinajstić information content (AvgIpc) is 2.52. The Morgan fingerprint density at radius 2 is 1.76 bits per heavy atom. The first-order chi connectivity index (χ1) is 10.1. The Bertz CT molecular complexity index is 624. The number of fused-ring (bicyclic) bond motifs is 1. The van der Waals surface area contributed by atoms with E-state index in [1.165, 1.54) is 0 Å². The summed E-state index contributed by atoms with van der Waals surface area (Å²) in [5.41, 5.74) is 2.31. The molecule has 1 fully saturated rings. The van der Waals surface area contributed by atoms with E-state index in [-0.39, 0.29) is 11.6 Å². The molecule has 0 aromatic heterocycles. The second kappa shape index (κ2) is 5.14. The van der Waals surface area contributed by atoms with Gasteiger partial charge in [-0.25, -0.2) is 0 Å². The van der Waals surface area contributed by atoms with E-state index >= 15 is 0 Å². The van der Waals surface area contributed by atoms with Gasteiger partial charge in [0, 0.05) is 12.8 Å². The normalized spacial score (nSPS) is 25.8. The first kappa shape index (κ1) is 14.1. The largest absolute Gasteiger partial charge is 0.497 e. The SMILES string of the molecule is COc1ccc([C@]23CCC(=O)C(C)=C2CCCC3=O)cc1. The van der Waals surface area contributed by atoms with Crippen LogP contribution in [0.15, 0.2) is 35.4 Å². The van der Waals surface area contributed by atoms with E-state index in [1.807, 2.05) is 31.2 Å². The second-order valence-electron chi connectivity index (χ2n) is 5.94. The Kier molecular flexibility index (Phi) is 3.44. The highest BCUT2D eigenvalue weighted by Gasteiger charge is 2.48. The van der Waals surface area contributed by atoms with Crippen LogP contribution < -0.4 is 4.74 Å². The minimum Gasteiger partial charge on any atom is -0.497 e. The molecule has 21 heavy (non-hydrogen) atoms. The molecular weight excluding hydrogens is 264 g/mol. The van der Waals surface area contributed by atoms with Gasteiger partial charge in [0.25, 0.3) is 0 Å². The van der Waals surface area contributed by atoms with E-state index in [0.29, 0.717) is 19.3 Å². The molecule has 3 nitrogen and oxygen atoms in total. The predicted molar refractivity (Wildman–Crippen MR) is 80.5 cm³/mol. The zero-order valence-corrected chi connectivity index (χ0v) is 12.6. The van der Waals surface area contributed by atoms with Crippen LogP contribution in [0, 0.1) is 0 Å². The van der Waals surface area contributed by atoms with Crippen LogP contribution in [0.5, 0.6) is 5.75 Å². The Morgan fingerprint density at radius 1 is 1.05 bits per heavy atom. The first-order valence-corrected chi connectivity index (χ1v) is 7.51. The lowest BCUT2D eigenvalue weighted by molar-refractivity contribution is -0.126. The van der Waals surface area contributed by atoms with Gasteiger partial charge in [0.05, 0.1) is 12.5 Å². The summed E-state index contributed by atoms with van der Waals surface area (Å²) in [5.74, 6) is 1.25. The Labute approximate surface area is 125 Å². The fourth-order valence-corrected chi connectivity index (χ4v) is 3.83. The van der Waals surface area contributed by atoms with Crippen molar-refractivity contribution in [1.29, 1.82) is 0 Å². The highest BCUT2D eigenvalue weighted by molar-refractivity contribution is 6.04. The number of carbonyl (C=O) groups is 2. The highest BCUT2D eigenvalue weighted by atomic mass is 16.5. The molecule has 1 aromatic rings. The monoisotopic (exact) mass is 284 g/mol. The molecule has 110 valence electrons. The van der Waals surface area contributed by atoms with Crippen LogP contribution in [-0.4, -0.2) is 18.7 Å². The number of rotatable bonds is 2. The molecule has 2 aliphatic rings. The van der Waals surface area contributed by atoms with Gasteiger partial charge in [-0.05, 0) is 55.0 Å². The van der Waals surface area contributed by atoms with E-state index in [4.69, 9.17) is 4.74 Å². The third kappa shape index (κ3) is 2.03. The van der Waals surface area contributed by atoms with E-state index in [1.54, 1.807) is 7.11 Å². The van der Waals surface area contributed by atoms with Crippen LogP contribution in [0.1, 0.15) is 44.6 Å². The lowest BCUT2D eigenvalue weighted by Crippen LogP contribution is -2.44. The van der Waals surface area contributed by atoms with Gasteiger partial charge in [0.15, 0.2) is 5.78 Å². The van der Waals surface area contributed by atoms with Gasteiger partial charge in [-0.1, -0.05) is 12.1 Å². The molecule has 1 aromatic carbocycles. The molecule has 0 saturated heterocycles. The van der Waals surface area contributed by atoms with E-state index < -0.39 is 5.41 Å². The third-order valence-corrected chi connectivity index (χ3v) is 5.00. The minimum absolute atomic E-state index is 0.198. The fraction of sp³-hybridized carbons (Fsp3) is 0.444. The van der Waals surface area contributed by atoms with Gasteiger partial charge < -0.3 is 4.74 Å². The van der Waals surface area contributed by atoms with Gasteiger partial charge >= 0.3 is 0 Å². The van der Waals surface area contributed by atoms with Crippen LogP contribution in [-0.2, 0) is 15.0 Å². The Hall–Kier alpha value is -1.90. The standard InChI is InChI=1S/C18H20O3/c1-12-15-4-3-5-17(20)18(15,11-10-16(12)19)13-6-8-14(21-2)9-7-13/h6-9H,3-5,10-11H2,1-2H3/t18-/m1/s1. The lowest BCUT2D eigenvalue weighted by Gasteiger charge is -2.42. The fourth-order valence-electron chi connectivity index (χ4n) is 3.83. The van der Waals surface area contributed by atoms with Crippen molar-refractivity contribution in [2.75, 3.05) is 7.11 Å². The average molecular weight is 284 g/mol. The van der Waals surface area contributed by atoms with E-state index in [9.17, 15) is 9.59 Å². The molecule has 1 atom stereocenters. The zero-order valence-electron chi connectivity index (χ0n) is 12.6. The van der Waals surface area contributed by atoms with Crippen molar-refractivity contribution >= 4 is 11.6 Å². The summed E-state index contributed by atoms with van der Waals surface area (Å²) in [5, 5.41) is 0. The number of methoxy groups -OCH3 is 1. The van der Waals surface area contributed by atoms with Crippen molar-refractivity contribution in [3.8, 4) is 5.75 Å². The van der Waals surface area contributed by atoms with Crippen LogP contribution in [0.3, 0.4) is 0 Å². The first-order valence-electron chi connectivity index (χ1n) is 7.51. The number of ether oxygens (including phenoxy) is 1. The van der Waals surface area contributed by atoms with Crippen molar-refractivity contribution in [2.24, 2.45) is 0 Å². The molecule has 3 rings (SSSR count). The molecule has 0 aliphatic heterocycles. The van der Waals surface area contributed by atoms with E-state index in [2.05, 4.69) is 0 Å². The molecule has 0 N–H and O–H groups in total. The van der Waals surface area contributed by atoms with Gasteiger partial charge in [-0.15, -0.1) is 0 Å². The summed E-state index contributed by atoms with van der Waals surface area (Å²) < 4.78 is 5.20. The number of benzene rings is 1. The number of hydrogen-bond acceptors (Lipinski definition) is 3. The van der Waals surface area contributed by atoms with Crippen LogP contribution in [0.25, 0.3) is 0 Å². The zero-order chi connectivity index (χ0) is 15.0. The van der Waals surface area contributed by atoms with Crippen LogP contribution in [0.2, 0.25) is 0 Å². The number of allylic oxidation sites excluding steroid dienone is 2. The molecule has 0 bridgehead atoms. The maximum absolute atomic E-state index is 12.8. The van der Waals surface area contributed by atoms with Gasteiger partial charge in [0.2, 0.25) is 0 Å². The van der Waals surface area contributed by atoms with Crippen molar-refractivity contribution in [3.05, 3.63) is 41.0 Å². The Balaban J connectivity index is 2.17. The van der Waals surface area contributed by atoms with Gasteiger partial charge in [-0.3, -0.25) is 9.59 Å². The van der Waals surface area contributed by atoms with Crippen molar-refractivity contribution < 1.29 is 14.3 Å². The topological polar surface area (TPSA) is 43.4 Å². The molecule has 0 spiro atoms. The number of hydrogen-bond donors (Lipinski definition) is 0. The molecule has 3 heteroatoms. The number of Topliss-reactive ketones (excluding diaryl/α,β-unsaturated/α-hetero) is 2. The maximum atomic E-state index is 12.8. The predicted octanol–water partition coefficient (Wildman–Crippen LogP) is 3.37. The van der Waals surface area contributed by atoms with Crippen molar-refractivity contribution in [3.63, 3.8) is 0 Å². The molecule has 0 unspecified atom stereocenters. The lowest BCUT2D eigenvalue weighted by atomic mass is 9.59. The van der Waals surface area contributed by atoms with Crippen LogP contribution in [0.4, 0.5) is 0 Å². The molecule has 0 heterocycles. The molecule has 1 saturated carbocycles. The van der Waals surface area contributed by atoms with Crippen molar-refractivity contribution in [2.45, 2.75) is 44.4 Å². The van der Waals surface area contributed by atoms with E-state index in [0.717, 1.165) is 35.3 Å². The number of carbonyl (C=O) groups excluding carboxylic acids is 2. The summed E-state index contributed by atoms with van der Waals surface area (Å²) in [6.45, 7) is 1.88. The van der Waals surface area contributed by atoms with Gasteiger partial charge in [-0.2, -0.15) is 0 Å². The van der Waals surface area contributed by atoms with Crippen LogP contribution >= 0.6 is 0 Å². The second-order valence-corrected chi connectivity index (χ2v) is 5.94. The summed E-state index contributed by atoms with van der Waals surface area (Å²) in [6, 6.07) is 7.75. The summed E-state index contributed by atoms with van der Waals surface area (Å²) >= 11 is 0. The smallest absolute Gasteiger partial charge is 0.158 e.